The van der Waals surface area contributed by atoms with Crippen LogP contribution in [0.5, 0.6) is 0 Å². The zero-order valence-corrected chi connectivity index (χ0v) is 11.5. The number of rotatable bonds is 7. The summed E-state index contributed by atoms with van der Waals surface area (Å²) >= 11 is 1.59. The minimum Gasteiger partial charge on any atom is -0.469 e. The molecule has 0 unspecified atom stereocenters. The summed E-state index contributed by atoms with van der Waals surface area (Å²) in [5.41, 5.74) is 0.953. The largest absolute Gasteiger partial charge is 0.469 e. The second kappa shape index (κ2) is 7.27. The van der Waals surface area contributed by atoms with Crippen LogP contribution in [0.25, 0.3) is 0 Å². The van der Waals surface area contributed by atoms with E-state index in [2.05, 4.69) is 28.9 Å². The molecule has 0 fully saturated rings. The Labute approximate surface area is 106 Å². The van der Waals surface area contributed by atoms with Gasteiger partial charge in [-0.15, -0.1) is 11.3 Å². The number of hydrogen-bond acceptors (Lipinski definition) is 5. The monoisotopic (exact) mass is 256 g/mol. The van der Waals surface area contributed by atoms with E-state index in [0.29, 0.717) is 18.9 Å². The Kier molecular flexibility index (Phi) is 5.97. The molecule has 4 nitrogen and oxygen atoms in total. The van der Waals surface area contributed by atoms with Gasteiger partial charge in [0, 0.05) is 17.8 Å². The van der Waals surface area contributed by atoms with Crippen molar-refractivity contribution in [2.75, 3.05) is 12.4 Å². The maximum Gasteiger partial charge on any atom is 0.305 e. The summed E-state index contributed by atoms with van der Waals surface area (Å²) in [6, 6.07) is 0.481. The molecule has 0 aliphatic heterocycles. The van der Waals surface area contributed by atoms with Crippen LogP contribution in [-0.4, -0.2) is 24.1 Å². The number of esters is 1. The van der Waals surface area contributed by atoms with Crippen molar-refractivity contribution < 1.29 is 9.53 Å². The van der Waals surface area contributed by atoms with Crippen LogP contribution in [0.15, 0.2) is 5.38 Å². The number of methoxy groups -OCH3 is 1. The predicted octanol–water partition coefficient (Wildman–Crippen LogP) is 2.85. The van der Waals surface area contributed by atoms with Gasteiger partial charge in [-0.3, -0.25) is 4.79 Å². The highest BCUT2D eigenvalue weighted by Crippen LogP contribution is 2.19. The van der Waals surface area contributed by atoms with E-state index >= 15 is 0 Å². The quantitative estimate of drug-likeness (QED) is 0.762. The van der Waals surface area contributed by atoms with Crippen molar-refractivity contribution in [1.82, 2.24) is 4.98 Å². The lowest BCUT2D eigenvalue weighted by Gasteiger charge is -2.12. The molecule has 0 aliphatic rings. The molecule has 0 spiro atoms. The molecule has 0 atom stereocenters. The number of aromatic nitrogens is 1. The standard InChI is InChI=1S/C12H20N2O2S/c1-4-9(5-2)13-12-14-10(8-17-12)6-7-11(15)16-3/h8-9H,4-7H2,1-3H3,(H,13,14). The Bertz CT molecular complexity index is 348. The molecular weight excluding hydrogens is 236 g/mol. The number of hydrogen-bond donors (Lipinski definition) is 1. The molecule has 17 heavy (non-hydrogen) atoms. The number of nitrogens with zero attached hydrogens (tertiary/aromatic N) is 1. The topological polar surface area (TPSA) is 51.2 Å². The Morgan fingerprint density at radius 3 is 2.82 bits per heavy atom. The summed E-state index contributed by atoms with van der Waals surface area (Å²) in [6.07, 6.45) is 3.22. The number of nitrogens with one attached hydrogen (secondary N) is 1. The van der Waals surface area contributed by atoms with Crippen LogP contribution in [0.2, 0.25) is 0 Å². The fourth-order valence-corrected chi connectivity index (χ4v) is 2.31. The molecule has 1 aromatic heterocycles. The van der Waals surface area contributed by atoms with E-state index in [-0.39, 0.29) is 5.97 Å². The van der Waals surface area contributed by atoms with Gasteiger partial charge in [0.15, 0.2) is 5.13 Å². The van der Waals surface area contributed by atoms with E-state index in [0.717, 1.165) is 23.7 Å². The fourth-order valence-electron chi connectivity index (χ4n) is 1.49. The van der Waals surface area contributed by atoms with Gasteiger partial charge in [0.05, 0.1) is 19.2 Å². The zero-order valence-electron chi connectivity index (χ0n) is 10.7. The van der Waals surface area contributed by atoms with E-state index in [1.54, 1.807) is 11.3 Å². The first-order valence-electron chi connectivity index (χ1n) is 5.97. The Hall–Kier alpha value is -1.10. The molecule has 1 N–H and O–H groups in total. The first-order chi connectivity index (χ1) is 8.19. The molecule has 0 aromatic carbocycles. The number of anilines is 1. The smallest absolute Gasteiger partial charge is 0.305 e. The molecule has 0 bridgehead atoms. The highest BCUT2D eigenvalue weighted by atomic mass is 32.1. The van der Waals surface area contributed by atoms with Crippen molar-refractivity contribution in [3.63, 3.8) is 0 Å². The van der Waals surface area contributed by atoms with Crippen LogP contribution in [0.4, 0.5) is 5.13 Å². The van der Waals surface area contributed by atoms with E-state index in [4.69, 9.17) is 0 Å². The highest BCUT2D eigenvalue weighted by Gasteiger charge is 2.08. The van der Waals surface area contributed by atoms with E-state index < -0.39 is 0 Å². The zero-order chi connectivity index (χ0) is 12.7. The van der Waals surface area contributed by atoms with Crippen molar-refractivity contribution in [3.8, 4) is 0 Å². The third-order valence-electron chi connectivity index (χ3n) is 2.68. The molecule has 1 heterocycles. The number of carbonyl (C=O) groups excluding carboxylic acids is 1. The third-order valence-corrected chi connectivity index (χ3v) is 3.50. The summed E-state index contributed by atoms with van der Waals surface area (Å²) in [5.74, 6) is -0.187. The Balaban J connectivity index is 2.44. The van der Waals surface area contributed by atoms with Crippen LogP contribution in [-0.2, 0) is 16.0 Å². The van der Waals surface area contributed by atoms with Crippen molar-refractivity contribution in [3.05, 3.63) is 11.1 Å². The van der Waals surface area contributed by atoms with Gasteiger partial charge < -0.3 is 10.1 Å². The molecule has 0 saturated heterocycles. The minimum absolute atomic E-state index is 0.187. The average molecular weight is 256 g/mol. The third kappa shape index (κ3) is 4.73. The van der Waals surface area contributed by atoms with Gasteiger partial charge in [0.1, 0.15) is 0 Å². The van der Waals surface area contributed by atoms with E-state index in [9.17, 15) is 4.79 Å². The van der Waals surface area contributed by atoms with Gasteiger partial charge in [-0.2, -0.15) is 0 Å². The van der Waals surface area contributed by atoms with Crippen LogP contribution >= 0.6 is 11.3 Å². The Morgan fingerprint density at radius 2 is 2.24 bits per heavy atom. The van der Waals surface area contributed by atoms with Gasteiger partial charge in [-0.25, -0.2) is 4.98 Å². The predicted molar refractivity (Wildman–Crippen MR) is 70.4 cm³/mol. The van der Waals surface area contributed by atoms with Gasteiger partial charge in [0.25, 0.3) is 0 Å². The number of aryl methyl sites for hydroxylation is 1. The van der Waals surface area contributed by atoms with Crippen LogP contribution in [0, 0.1) is 0 Å². The van der Waals surface area contributed by atoms with Crippen LogP contribution in [0.1, 0.15) is 38.8 Å². The van der Waals surface area contributed by atoms with Gasteiger partial charge in [-0.1, -0.05) is 13.8 Å². The SMILES string of the molecule is CCC(CC)Nc1nc(CCC(=O)OC)cs1. The minimum atomic E-state index is -0.187. The lowest BCUT2D eigenvalue weighted by atomic mass is 10.2. The first-order valence-corrected chi connectivity index (χ1v) is 6.85. The lowest BCUT2D eigenvalue weighted by Crippen LogP contribution is -2.16. The Morgan fingerprint density at radius 1 is 1.53 bits per heavy atom. The fraction of sp³-hybridized carbons (Fsp3) is 0.667. The summed E-state index contributed by atoms with van der Waals surface area (Å²) in [4.78, 5) is 15.5. The molecule has 0 radical (unpaired) electrons. The number of ether oxygens (including phenoxy) is 1. The first kappa shape index (κ1) is 14.0. The molecule has 0 aliphatic carbocycles. The van der Waals surface area contributed by atoms with Gasteiger partial charge in [0.2, 0.25) is 0 Å². The molecule has 96 valence electrons. The molecule has 0 saturated carbocycles. The second-order valence-corrected chi connectivity index (χ2v) is 4.74. The van der Waals surface area contributed by atoms with E-state index in [1.807, 2.05) is 5.38 Å². The molecule has 5 heteroatoms. The number of thiazole rings is 1. The van der Waals surface area contributed by atoms with Crippen molar-refractivity contribution in [2.24, 2.45) is 0 Å². The highest BCUT2D eigenvalue weighted by molar-refractivity contribution is 7.13. The maximum absolute atomic E-state index is 11.0. The van der Waals surface area contributed by atoms with Crippen molar-refractivity contribution in [2.45, 2.75) is 45.6 Å². The van der Waals surface area contributed by atoms with Crippen LogP contribution in [0.3, 0.4) is 0 Å². The molecule has 1 rings (SSSR count). The van der Waals surface area contributed by atoms with Crippen molar-refractivity contribution >= 4 is 22.4 Å². The second-order valence-electron chi connectivity index (χ2n) is 3.88. The normalized spacial score (nSPS) is 10.6. The molecular formula is C12H20N2O2S. The van der Waals surface area contributed by atoms with Gasteiger partial charge >= 0.3 is 5.97 Å². The van der Waals surface area contributed by atoms with Crippen LogP contribution < -0.4 is 5.32 Å². The summed E-state index contributed by atoms with van der Waals surface area (Å²) in [6.45, 7) is 4.32. The van der Waals surface area contributed by atoms with Crippen molar-refractivity contribution in [1.29, 1.82) is 0 Å². The lowest BCUT2D eigenvalue weighted by molar-refractivity contribution is -0.140. The maximum atomic E-state index is 11.0. The molecule has 0 amide bonds. The summed E-state index contributed by atoms with van der Waals surface area (Å²) in [5, 5.41) is 6.33. The summed E-state index contributed by atoms with van der Waals surface area (Å²) in [7, 11) is 1.41. The van der Waals surface area contributed by atoms with Gasteiger partial charge in [-0.05, 0) is 12.8 Å². The van der Waals surface area contributed by atoms with E-state index in [1.165, 1.54) is 7.11 Å². The molecule has 1 aromatic rings. The average Bonchev–Trinajstić information content (AvgIpc) is 2.80. The summed E-state index contributed by atoms with van der Waals surface area (Å²) < 4.78 is 4.60. The number of carbonyl (C=O) groups is 1.